The predicted octanol–water partition coefficient (Wildman–Crippen LogP) is 8.77. The molecule has 1 amide bonds. The van der Waals surface area contributed by atoms with Gasteiger partial charge in [0.2, 0.25) is 11.9 Å². The summed E-state index contributed by atoms with van der Waals surface area (Å²) in [5, 5.41) is 0.485. The first-order chi connectivity index (χ1) is 27.5. The third-order valence-electron chi connectivity index (χ3n) is 7.28. The molecule has 1 N–H and O–H groups in total. The molecule has 22 heteroatoms. The van der Waals surface area contributed by atoms with E-state index in [0.717, 1.165) is 18.3 Å². The van der Waals surface area contributed by atoms with E-state index in [1.807, 2.05) is 5.32 Å². The monoisotopic (exact) mass is 882 g/mol. The topological polar surface area (TPSA) is 146 Å². The Morgan fingerprint density at radius 3 is 1.66 bits per heavy atom. The molecule has 0 spiro atoms. The number of anilines is 2. The number of alkyl halides is 4. The van der Waals surface area contributed by atoms with Crippen LogP contribution in [0.4, 0.5) is 51.6 Å². The van der Waals surface area contributed by atoms with Crippen molar-refractivity contribution in [2.75, 3.05) is 36.5 Å². The number of carbonyl (C=O) groups excluding carboxylic acids is 3. The van der Waals surface area contributed by atoms with Gasteiger partial charge in [-0.1, -0.05) is 35.3 Å². The minimum atomic E-state index is -3.80. The second-order valence-corrected chi connectivity index (χ2v) is 13.7. The van der Waals surface area contributed by atoms with Crippen LogP contribution < -0.4 is 10.2 Å². The van der Waals surface area contributed by atoms with Crippen molar-refractivity contribution in [3.05, 3.63) is 105 Å². The highest BCUT2D eigenvalue weighted by atomic mass is 35.5. The predicted molar refractivity (Wildman–Crippen MR) is 197 cm³/mol. The maximum absolute atomic E-state index is 15.3. The van der Waals surface area contributed by atoms with Crippen LogP contribution >= 0.6 is 23.2 Å². The molecule has 0 aliphatic carbocycles. The van der Waals surface area contributed by atoms with Gasteiger partial charge >= 0.3 is 29.9 Å². The molecule has 0 bridgehead atoms. The molecule has 0 aromatic carbocycles. The van der Waals surface area contributed by atoms with E-state index < -0.39 is 129 Å². The van der Waals surface area contributed by atoms with Crippen molar-refractivity contribution in [3.63, 3.8) is 0 Å². The molecule has 0 radical (unpaired) electrons. The van der Waals surface area contributed by atoms with Gasteiger partial charge in [-0.3, -0.25) is 24.5 Å². The molecule has 0 saturated carbocycles. The summed E-state index contributed by atoms with van der Waals surface area (Å²) in [6.45, 7) is 4.83. The summed E-state index contributed by atoms with van der Waals surface area (Å²) in [4.78, 5) is 49.8. The van der Waals surface area contributed by atoms with E-state index in [9.17, 15) is 45.1 Å². The van der Waals surface area contributed by atoms with Crippen molar-refractivity contribution in [3.8, 4) is 0 Å². The summed E-state index contributed by atoms with van der Waals surface area (Å²) in [6, 6.07) is 7.64. The number of nitrogens with one attached hydrogen (secondary N) is 1. The van der Waals surface area contributed by atoms with E-state index in [4.69, 9.17) is 32.7 Å². The lowest BCUT2D eigenvalue weighted by atomic mass is 10.1. The molecule has 0 fully saturated rings. The van der Waals surface area contributed by atoms with Crippen LogP contribution in [0, 0.1) is 23.5 Å². The van der Waals surface area contributed by atoms with Gasteiger partial charge in [0.05, 0.1) is 32.6 Å². The SMILES string of the molecule is CCOC(=O)Cc1c(F)c(N(CC(F)(F)c2ccccn2)C(=O)OC(C)(C)C)nc(F)c1Cl.CCOC(=O)Cc1c(F)c(NCC(F)(F)c2ccccn2)nc(F)c1Cl. The first kappa shape index (κ1) is 48.0. The molecule has 0 saturated heterocycles. The molecule has 59 heavy (non-hydrogen) atoms. The summed E-state index contributed by atoms with van der Waals surface area (Å²) in [5.74, 6) is -16.4. The Hall–Kier alpha value is -5.37. The van der Waals surface area contributed by atoms with Gasteiger partial charge in [0.25, 0.3) is 0 Å². The Kier molecular flexibility index (Phi) is 16.7. The van der Waals surface area contributed by atoms with Crippen LogP contribution in [0.15, 0.2) is 48.8 Å². The van der Waals surface area contributed by atoms with E-state index >= 15 is 4.39 Å². The van der Waals surface area contributed by atoms with Gasteiger partial charge in [0.15, 0.2) is 23.3 Å². The van der Waals surface area contributed by atoms with Gasteiger partial charge < -0.3 is 19.5 Å². The van der Waals surface area contributed by atoms with E-state index in [-0.39, 0.29) is 18.1 Å². The Bertz CT molecular complexity index is 2100. The highest BCUT2D eigenvalue weighted by Crippen LogP contribution is 2.35. The molecule has 320 valence electrons. The van der Waals surface area contributed by atoms with Crippen LogP contribution in [0.3, 0.4) is 0 Å². The first-order valence-corrected chi connectivity index (χ1v) is 18.0. The van der Waals surface area contributed by atoms with Gasteiger partial charge in [-0.15, -0.1) is 0 Å². The van der Waals surface area contributed by atoms with Crippen LogP contribution in [0.5, 0.6) is 0 Å². The second kappa shape index (κ2) is 20.5. The summed E-state index contributed by atoms with van der Waals surface area (Å²) in [5.41, 5.74) is -3.66. The van der Waals surface area contributed by atoms with Gasteiger partial charge in [-0.2, -0.15) is 36.3 Å². The number of nitrogens with zero attached hydrogens (tertiary/aromatic N) is 5. The van der Waals surface area contributed by atoms with Crippen LogP contribution in [-0.2, 0) is 48.5 Å². The van der Waals surface area contributed by atoms with E-state index in [1.54, 1.807) is 0 Å². The average Bonchev–Trinajstić information content (AvgIpc) is 3.17. The second-order valence-electron chi connectivity index (χ2n) is 12.9. The van der Waals surface area contributed by atoms with Crippen molar-refractivity contribution < 1.29 is 63.7 Å². The van der Waals surface area contributed by atoms with E-state index in [2.05, 4.69) is 24.7 Å². The lowest BCUT2D eigenvalue weighted by Crippen LogP contribution is -2.44. The Labute approximate surface area is 342 Å². The van der Waals surface area contributed by atoms with Gasteiger partial charge in [0, 0.05) is 23.5 Å². The summed E-state index contributed by atoms with van der Waals surface area (Å²) in [6.07, 6.45) is -0.610. The number of hydrogen-bond donors (Lipinski definition) is 1. The lowest BCUT2D eigenvalue weighted by Gasteiger charge is -2.30. The highest BCUT2D eigenvalue weighted by molar-refractivity contribution is 6.32. The Morgan fingerprint density at radius 2 is 1.20 bits per heavy atom. The number of amides is 1. The number of hydrogen-bond acceptors (Lipinski definition) is 11. The zero-order valence-electron chi connectivity index (χ0n) is 31.8. The average molecular weight is 884 g/mol. The third-order valence-corrected chi connectivity index (χ3v) is 8.04. The maximum Gasteiger partial charge on any atom is 0.416 e. The highest BCUT2D eigenvalue weighted by Gasteiger charge is 2.41. The molecule has 0 unspecified atom stereocenters. The smallest absolute Gasteiger partial charge is 0.416 e. The van der Waals surface area contributed by atoms with E-state index in [0.29, 0.717) is 0 Å². The summed E-state index contributed by atoms with van der Waals surface area (Å²) in [7, 11) is 0. The number of pyridine rings is 4. The Balaban J connectivity index is 0.000000324. The number of rotatable bonds is 14. The molecule has 0 aliphatic heterocycles. The number of esters is 2. The molecule has 4 heterocycles. The molecule has 4 rings (SSSR count). The molecule has 0 atom stereocenters. The number of halogens is 10. The van der Waals surface area contributed by atoms with Gasteiger partial charge in [-0.05, 0) is 58.9 Å². The minimum Gasteiger partial charge on any atom is -0.466 e. The zero-order valence-corrected chi connectivity index (χ0v) is 33.3. The van der Waals surface area contributed by atoms with Crippen molar-refractivity contribution in [2.45, 2.75) is 64.9 Å². The number of carbonyl (C=O) groups is 3. The van der Waals surface area contributed by atoms with Crippen molar-refractivity contribution in [1.82, 2.24) is 19.9 Å². The molecule has 12 nitrogen and oxygen atoms in total. The Morgan fingerprint density at radius 1 is 0.729 bits per heavy atom. The molecular formula is C37H36Cl2F8N6O6. The van der Waals surface area contributed by atoms with Crippen LogP contribution in [-0.4, -0.2) is 69.9 Å². The minimum absolute atomic E-state index is 0.0348. The zero-order chi connectivity index (χ0) is 44.3. The molecular weight excluding hydrogens is 847 g/mol. The van der Waals surface area contributed by atoms with Crippen molar-refractivity contribution in [1.29, 1.82) is 0 Å². The van der Waals surface area contributed by atoms with Gasteiger partial charge in [0.1, 0.15) is 33.6 Å². The molecule has 4 aromatic heterocycles. The third kappa shape index (κ3) is 13.3. The molecule has 4 aromatic rings. The van der Waals surface area contributed by atoms with Crippen LogP contribution in [0.25, 0.3) is 0 Å². The van der Waals surface area contributed by atoms with Crippen molar-refractivity contribution >= 4 is 52.9 Å². The number of aromatic nitrogens is 4. The van der Waals surface area contributed by atoms with Gasteiger partial charge in [-0.25, -0.2) is 13.6 Å². The van der Waals surface area contributed by atoms with E-state index in [1.165, 1.54) is 65.1 Å². The first-order valence-electron chi connectivity index (χ1n) is 17.2. The fourth-order valence-corrected chi connectivity index (χ4v) is 5.08. The summed E-state index contributed by atoms with van der Waals surface area (Å²) >= 11 is 11.4. The fourth-order valence-electron chi connectivity index (χ4n) is 4.69. The standard InChI is InChI=1S/C21H22ClF4N3O4.C16H14ClF4N3O2/c1-5-32-14(30)10-12-15(22)17(24)28-18(16(12)23)29(19(31)33-20(2,3)4)11-21(25,26)13-8-6-7-9-27-13;1-2-26-11(25)7-9-12(17)14(19)24-15(13(9)18)23-8-16(20,21)10-5-3-4-6-22-10/h6-9H,5,10-11H2,1-4H3;3-6H,2,7-8H2,1H3,(H,23,24). The van der Waals surface area contributed by atoms with Crippen LogP contribution in [0.1, 0.15) is 57.1 Å². The molecule has 0 aliphatic rings. The number of ether oxygens (including phenoxy) is 3. The quantitative estimate of drug-likeness (QED) is 0.0562. The normalized spacial score (nSPS) is 11.6. The van der Waals surface area contributed by atoms with Crippen LogP contribution in [0.2, 0.25) is 10.0 Å². The fraction of sp³-hybridized carbons (Fsp3) is 0.378. The summed E-state index contributed by atoms with van der Waals surface area (Å²) < 4.78 is 131. The maximum atomic E-state index is 15.3. The largest absolute Gasteiger partial charge is 0.466 e. The van der Waals surface area contributed by atoms with Crippen molar-refractivity contribution in [2.24, 2.45) is 0 Å². The lowest BCUT2D eigenvalue weighted by molar-refractivity contribution is -0.143.